The number of nitrogens with one attached hydrogen (secondary N) is 1. The third-order valence-corrected chi connectivity index (χ3v) is 7.37. The Morgan fingerprint density at radius 1 is 1.00 bits per heavy atom. The summed E-state index contributed by atoms with van der Waals surface area (Å²) in [6.45, 7) is 9.61. The number of benzene rings is 2. The van der Waals surface area contributed by atoms with Gasteiger partial charge >= 0.3 is 12.3 Å². The third-order valence-electron chi connectivity index (χ3n) is 5.76. The number of hydrogen-bond acceptors (Lipinski definition) is 5. The molecule has 0 bridgehead atoms. The molecule has 2 amide bonds. The van der Waals surface area contributed by atoms with E-state index in [1.165, 1.54) is 13.2 Å². The third kappa shape index (κ3) is 7.07. The van der Waals surface area contributed by atoms with Crippen molar-refractivity contribution in [3.63, 3.8) is 0 Å². The number of carbonyl (C=O) groups is 2. The monoisotopic (exact) mass is 566 g/mol. The van der Waals surface area contributed by atoms with Crippen LogP contribution in [-0.2, 0) is 20.5 Å². The summed E-state index contributed by atoms with van der Waals surface area (Å²) in [6.07, 6.45) is -6.47. The molecule has 0 saturated heterocycles. The van der Waals surface area contributed by atoms with Crippen molar-refractivity contribution < 1.29 is 36.4 Å². The van der Waals surface area contributed by atoms with Crippen molar-refractivity contribution in [2.75, 3.05) is 12.0 Å². The maximum Gasteiger partial charge on any atom is 0.422 e. The zero-order valence-electron chi connectivity index (χ0n) is 22.9. The van der Waals surface area contributed by atoms with Crippen molar-refractivity contribution >= 4 is 39.8 Å². The normalized spacial score (nSPS) is 17.0. The molecule has 2 atom stereocenters. The number of rotatable bonds is 6. The summed E-state index contributed by atoms with van der Waals surface area (Å²) in [5.74, 6) is -0.343. The number of para-hydroxylation sites is 1. The van der Waals surface area contributed by atoms with Gasteiger partial charge in [0.05, 0.1) is 34.1 Å². The Balaban J connectivity index is 2.24. The van der Waals surface area contributed by atoms with Crippen LogP contribution in [0.5, 0.6) is 5.75 Å². The molecule has 0 aromatic heterocycles. The van der Waals surface area contributed by atoms with Crippen molar-refractivity contribution in [3.8, 4) is 5.75 Å². The van der Waals surface area contributed by atoms with Crippen LogP contribution < -0.4 is 14.4 Å². The Hall–Kier alpha value is -3.18. The summed E-state index contributed by atoms with van der Waals surface area (Å²) in [4.78, 5) is 27.7. The van der Waals surface area contributed by atoms with Gasteiger partial charge in [0.1, 0.15) is 17.4 Å². The molecular weight excluding hydrogens is 533 g/mol. The van der Waals surface area contributed by atoms with E-state index in [1.807, 2.05) is 0 Å². The highest BCUT2D eigenvalue weighted by molar-refractivity contribution is 7.84. The Labute approximate surface area is 228 Å². The van der Waals surface area contributed by atoms with Crippen LogP contribution in [0.15, 0.2) is 48.5 Å². The second kappa shape index (κ2) is 11.1. The standard InChI is InChI=1S/C28H33F3N2O5S/c1-26(2,3)38-25(35)33-21-11-9-8-10-19(21)23(24(33)34)20(17-12-14-18(37-7)15-13-17)16-22(28(29,30)31)32-39(36)27(4,5)6/h8-15,22,32H,16H2,1-7H3/b23-20+/t22-,39?/m0/s1. The smallest absolute Gasteiger partial charge is 0.422 e. The van der Waals surface area contributed by atoms with Crippen molar-refractivity contribution in [3.05, 3.63) is 59.7 Å². The molecule has 1 heterocycles. The fourth-order valence-electron chi connectivity index (χ4n) is 3.89. The number of anilines is 1. The molecule has 0 radical (unpaired) electrons. The maximum absolute atomic E-state index is 14.3. The van der Waals surface area contributed by atoms with Gasteiger partial charge in [0.2, 0.25) is 0 Å². The molecule has 2 aromatic rings. The lowest BCUT2D eigenvalue weighted by Crippen LogP contribution is -2.47. The number of carbonyl (C=O) groups excluding carboxylic acids is 2. The van der Waals surface area contributed by atoms with Crippen LogP contribution in [0.2, 0.25) is 0 Å². The van der Waals surface area contributed by atoms with Crippen LogP contribution >= 0.6 is 0 Å². The van der Waals surface area contributed by atoms with Crippen LogP contribution in [0.3, 0.4) is 0 Å². The lowest BCUT2D eigenvalue weighted by Gasteiger charge is -2.27. The quantitative estimate of drug-likeness (QED) is 0.417. The predicted octanol–water partition coefficient (Wildman–Crippen LogP) is 6.26. The highest BCUT2D eigenvalue weighted by Gasteiger charge is 2.45. The lowest BCUT2D eigenvalue weighted by molar-refractivity contribution is -0.149. The summed E-state index contributed by atoms with van der Waals surface area (Å²) in [6, 6.07) is 10.3. The van der Waals surface area contributed by atoms with Gasteiger partial charge in [-0.25, -0.2) is 18.6 Å². The molecule has 0 aliphatic carbocycles. The first-order chi connectivity index (χ1) is 17.9. The lowest BCUT2D eigenvalue weighted by atomic mass is 9.90. The van der Waals surface area contributed by atoms with E-state index in [-0.39, 0.29) is 22.4 Å². The molecule has 1 N–H and O–H groups in total. The fourth-order valence-corrected chi connectivity index (χ4v) is 4.72. The first-order valence-corrected chi connectivity index (χ1v) is 13.4. The summed E-state index contributed by atoms with van der Waals surface area (Å²) in [5.41, 5.74) is -0.150. The molecule has 1 aliphatic rings. The first-order valence-electron chi connectivity index (χ1n) is 12.2. The van der Waals surface area contributed by atoms with Gasteiger partial charge < -0.3 is 9.47 Å². The van der Waals surface area contributed by atoms with E-state index in [4.69, 9.17) is 9.47 Å². The molecule has 7 nitrogen and oxygen atoms in total. The molecule has 0 spiro atoms. The zero-order valence-corrected chi connectivity index (χ0v) is 23.8. The summed E-state index contributed by atoms with van der Waals surface area (Å²) >= 11 is 0. The van der Waals surface area contributed by atoms with E-state index in [0.29, 0.717) is 11.3 Å². The molecule has 212 valence electrons. The van der Waals surface area contributed by atoms with Crippen LogP contribution in [0.25, 0.3) is 11.1 Å². The second-order valence-corrected chi connectivity index (χ2v) is 13.0. The molecule has 39 heavy (non-hydrogen) atoms. The minimum Gasteiger partial charge on any atom is -0.497 e. The van der Waals surface area contributed by atoms with Crippen molar-refractivity contribution in [2.24, 2.45) is 0 Å². The van der Waals surface area contributed by atoms with Crippen molar-refractivity contribution in [2.45, 2.75) is 70.5 Å². The molecular formula is C28H33F3N2O5S. The van der Waals surface area contributed by atoms with Gasteiger partial charge in [-0.3, -0.25) is 4.79 Å². The minimum absolute atomic E-state index is 0.0295. The Morgan fingerprint density at radius 2 is 1.59 bits per heavy atom. The number of hydrogen-bond donors (Lipinski definition) is 1. The van der Waals surface area contributed by atoms with Gasteiger partial charge in [-0.05, 0) is 77.3 Å². The van der Waals surface area contributed by atoms with Crippen molar-refractivity contribution in [1.29, 1.82) is 0 Å². The maximum atomic E-state index is 14.3. The summed E-state index contributed by atoms with van der Waals surface area (Å²) < 4.78 is 67.6. The first kappa shape index (κ1) is 30.4. The number of fused-ring (bicyclic) bond motifs is 1. The molecule has 2 aromatic carbocycles. The SMILES string of the molecule is COc1ccc(/C(C[C@H](NS(=O)C(C)(C)C)C(F)(F)F)=C2/C(=O)N(C(=O)OC(C)(C)C)c3ccccc32)cc1. The van der Waals surface area contributed by atoms with Crippen LogP contribution in [0, 0.1) is 0 Å². The highest BCUT2D eigenvalue weighted by atomic mass is 32.2. The Morgan fingerprint density at radius 3 is 2.10 bits per heavy atom. The molecule has 11 heteroatoms. The van der Waals surface area contributed by atoms with Gasteiger partial charge in [0.15, 0.2) is 0 Å². The molecule has 0 fully saturated rings. The molecule has 0 saturated carbocycles. The van der Waals surface area contributed by atoms with E-state index < -0.39 is 52.0 Å². The minimum atomic E-state index is -4.80. The highest BCUT2D eigenvalue weighted by Crippen LogP contribution is 2.44. The Kier molecular flexibility index (Phi) is 8.66. The topological polar surface area (TPSA) is 84.9 Å². The van der Waals surface area contributed by atoms with Crippen LogP contribution in [0.4, 0.5) is 23.7 Å². The van der Waals surface area contributed by atoms with Gasteiger partial charge in [-0.15, -0.1) is 0 Å². The summed E-state index contributed by atoms with van der Waals surface area (Å²) in [7, 11) is -0.601. The van der Waals surface area contributed by atoms with Crippen LogP contribution in [0.1, 0.15) is 59.1 Å². The van der Waals surface area contributed by atoms with Gasteiger partial charge in [-0.2, -0.15) is 13.2 Å². The Bertz CT molecular complexity index is 1290. The van der Waals surface area contributed by atoms with E-state index in [0.717, 1.165) is 4.90 Å². The number of halogens is 3. The predicted molar refractivity (Wildman–Crippen MR) is 145 cm³/mol. The van der Waals surface area contributed by atoms with Crippen molar-refractivity contribution in [1.82, 2.24) is 4.72 Å². The number of imide groups is 1. The average Bonchev–Trinajstić information content (AvgIpc) is 3.11. The molecule has 3 rings (SSSR count). The van der Waals surface area contributed by atoms with Gasteiger partial charge in [-0.1, -0.05) is 30.3 Å². The number of nitrogens with zero attached hydrogens (tertiary/aromatic N) is 1. The largest absolute Gasteiger partial charge is 0.497 e. The average molecular weight is 567 g/mol. The van der Waals surface area contributed by atoms with Gasteiger partial charge in [0, 0.05) is 5.56 Å². The van der Waals surface area contributed by atoms with E-state index in [9.17, 15) is 27.0 Å². The number of ether oxygens (including phenoxy) is 2. The van der Waals surface area contributed by atoms with E-state index >= 15 is 0 Å². The number of methoxy groups -OCH3 is 1. The molecule has 1 aliphatic heterocycles. The van der Waals surface area contributed by atoms with E-state index in [2.05, 4.69) is 4.72 Å². The fraction of sp³-hybridized carbons (Fsp3) is 0.429. The molecule has 1 unspecified atom stereocenters. The van der Waals surface area contributed by atoms with Crippen LogP contribution in [-0.4, -0.2) is 45.9 Å². The zero-order chi connectivity index (χ0) is 29.3. The van der Waals surface area contributed by atoms with Gasteiger partial charge in [0.25, 0.3) is 5.91 Å². The van der Waals surface area contributed by atoms with E-state index in [1.54, 1.807) is 84.0 Å². The number of alkyl halides is 3. The number of amides is 2. The summed E-state index contributed by atoms with van der Waals surface area (Å²) in [5, 5.41) is 0. The second-order valence-electron chi connectivity index (χ2n) is 11.0.